The molecule has 1 unspecified atom stereocenters. The quantitative estimate of drug-likeness (QED) is 0.608. The van der Waals surface area contributed by atoms with Crippen molar-refractivity contribution in [1.82, 2.24) is 0 Å². The third kappa shape index (κ3) is 3.60. The molecule has 1 atom stereocenters. The summed E-state index contributed by atoms with van der Waals surface area (Å²) in [5.74, 6) is -0.105. The van der Waals surface area contributed by atoms with Gasteiger partial charge in [0.15, 0.2) is 0 Å². The maximum Gasteiger partial charge on any atom is 0.310 e. The van der Waals surface area contributed by atoms with Gasteiger partial charge in [-0.1, -0.05) is 43.3 Å². The van der Waals surface area contributed by atoms with Crippen LogP contribution < -0.4 is 4.74 Å². The number of allylic oxidation sites excluding steroid dienone is 2. The highest BCUT2D eigenvalue weighted by Gasteiger charge is 2.43. The third-order valence-corrected chi connectivity index (χ3v) is 4.99. The second kappa shape index (κ2) is 8.02. The number of carboxylic acid groups (broad SMARTS) is 1. The smallest absolute Gasteiger partial charge is 0.310 e. The van der Waals surface area contributed by atoms with Gasteiger partial charge in [0.05, 0.1) is 12.5 Å². The number of rotatable bonds is 9. The number of hydrogen-bond acceptors (Lipinski definition) is 2. The molecule has 0 aliphatic heterocycles. The second-order valence-electron chi connectivity index (χ2n) is 6.38. The van der Waals surface area contributed by atoms with Crippen LogP contribution in [-0.2, 0) is 4.79 Å². The van der Waals surface area contributed by atoms with Gasteiger partial charge < -0.3 is 9.84 Å². The van der Waals surface area contributed by atoms with Crippen molar-refractivity contribution in [2.24, 2.45) is 5.41 Å². The Morgan fingerprint density at radius 2 is 1.76 bits per heavy atom. The molecule has 3 nitrogen and oxygen atoms in total. The molecule has 0 saturated heterocycles. The summed E-state index contributed by atoms with van der Waals surface area (Å²) >= 11 is 0. The maximum atomic E-state index is 12.2. The molecule has 0 fully saturated rings. The summed E-state index contributed by atoms with van der Waals surface area (Å²) in [6.45, 7) is 9.59. The van der Waals surface area contributed by atoms with Crippen LogP contribution in [0.3, 0.4) is 0 Å². The van der Waals surface area contributed by atoms with Gasteiger partial charge >= 0.3 is 5.97 Å². The zero-order valence-electron chi connectivity index (χ0n) is 15.0. The molecule has 0 aliphatic rings. The highest BCUT2D eigenvalue weighted by molar-refractivity contribution is 5.85. The minimum atomic E-state index is -0.918. The molecule has 0 radical (unpaired) electrons. The zero-order chi connectivity index (χ0) is 18.4. The van der Waals surface area contributed by atoms with Crippen molar-refractivity contribution in [3.8, 4) is 5.75 Å². The van der Waals surface area contributed by atoms with Crippen LogP contribution in [0.4, 0.5) is 0 Å². The van der Waals surface area contributed by atoms with Gasteiger partial charge in [0.1, 0.15) is 5.75 Å². The summed E-state index contributed by atoms with van der Waals surface area (Å²) in [7, 11) is 1.65. The lowest BCUT2D eigenvalue weighted by molar-refractivity contribution is -0.150. The van der Waals surface area contributed by atoms with Crippen molar-refractivity contribution in [3.05, 3.63) is 67.3 Å². The van der Waals surface area contributed by atoms with E-state index in [0.29, 0.717) is 12.8 Å². The van der Waals surface area contributed by atoms with E-state index in [9.17, 15) is 9.90 Å². The average Bonchev–Trinajstić information content (AvgIpc) is 2.61. The lowest BCUT2D eigenvalue weighted by Crippen LogP contribution is -2.36. The zero-order valence-corrected chi connectivity index (χ0v) is 15.0. The van der Waals surface area contributed by atoms with Crippen LogP contribution in [0.1, 0.15) is 37.7 Å². The van der Waals surface area contributed by atoms with Gasteiger partial charge in [0.25, 0.3) is 0 Å². The topological polar surface area (TPSA) is 46.5 Å². The Hall–Kier alpha value is -2.55. The Morgan fingerprint density at radius 3 is 2.28 bits per heavy atom. The van der Waals surface area contributed by atoms with Crippen molar-refractivity contribution in [2.45, 2.75) is 32.1 Å². The Kier molecular flexibility index (Phi) is 6.02. The summed E-state index contributed by atoms with van der Waals surface area (Å²) in [6, 6.07) is 12.1. The van der Waals surface area contributed by atoms with Crippen LogP contribution in [0.15, 0.2) is 61.7 Å². The number of methoxy groups -OCH3 is 1. The molecule has 0 amide bonds. The highest BCUT2D eigenvalue weighted by atomic mass is 16.5. The van der Waals surface area contributed by atoms with Gasteiger partial charge in [0.2, 0.25) is 0 Å². The van der Waals surface area contributed by atoms with E-state index < -0.39 is 11.4 Å². The van der Waals surface area contributed by atoms with Crippen molar-refractivity contribution in [3.63, 3.8) is 0 Å². The molecule has 0 aromatic heterocycles. The molecular weight excluding hydrogens is 312 g/mol. The van der Waals surface area contributed by atoms with Crippen molar-refractivity contribution >= 4 is 16.7 Å². The molecule has 0 spiro atoms. The van der Waals surface area contributed by atoms with E-state index in [4.69, 9.17) is 4.74 Å². The molecule has 3 heteroatoms. The molecule has 2 aromatic rings. The maximum absolute atomic E-state index is 12.2. The van der Waals surface area contributed by atoms with Crippen LogP contribution >= 0.6 is 0 Å². The molecule has 0 aliphatic carbocycles. The van der Waals surface area contributed by atoms with E-state index in [2.05, 4.69) is 19.2 Å². The third-order valence-electron chi connectivity index (χ3n) is 4.99. The van der Waals surface area contributed by atoms with Gasteiger partial charge in [0, 0.05) is 5.92 Å². The van der Waals surface area contributed by atoms with Crippen molar-refractivity contribution < 1.29 is 14.6 Å². The van der Waals surface area contributed by atoms with Crippen LogP contribution in [0, 0.1) is 5.41 Å². The van der Waals surface area contributed by atoms with Gasteiger partial charge in [-0.3, -0.25) is 4.79 Å². The number of hydrogen-bond donors (Lipinski definition) is 1. The summed E-state index contributed by atoms with van der Waals surface area (Å²) in [5.41, 5.74) is 0.115. The fourth-order valence-corrected chi connectivity index (χ4v) is 3.74. The van der Waals surface area contributed by atoms with E-state index >= 15 is 0 Å². The first-order valence-electron chi connectivity index (χ1n) is 8.55. The van der Waals surface area contributed by atoms with Crippen LogP contribution in [0.5, 0.6) is 5.75 Å². The van der Waals surface area contributed by atoms with E-state index in [0.717, 1.165) is 28.5 Å². The summed E-state index contributed by atoms with van der Waals surface area (Å²) in [5, 5.41) is 12.2. The van der Waals surface area contributed by atoms with Crippen LogP contribution in [0.25, 0.3) is 10.8 Å². The SMILES string of the molecule is C=CCC(CC=C)(C(=O)O)C(CC)c1ccc2cc(OC)ccc2c1. The largest absolute Gasteiger partial charge is 0.497 e. The highest BCUT2D eigenvalue weighted by Crippen LogP contribution is 2.45. The molecule has 2 aromatic carbocycles. The molecule has 0 saturated carbocycles. The van der Waals surface area contributed by atoms with E-state index in [1.807, 2.05) is 37.3 Å². The van der Waals surface area contributed by atoms with Gasteiger partial charge in [-0.25, -0.2) is 0 Å². The van der Waals surface area contributed by atoms with Crippen LogP contribution in [0.2, 0.25) is 0 Å². The number of aliphatic carboxylic acids is 1. The van der Waals surface area contributed by atoms with Gasteiger partial charge in [-0.2, -0.15) is 0 Å². The standard InChI is InChI=1S/C22H26O3/c1-5-12-22(13-6-2,21(23)24)20(7-3)18-9-8-17-15-19(25-4)11-10-16(17)14-18/h5-6,8-11,14-15,20H,1-2,7,12-13H2,3-4H3,(H,23,24). The molecule has 25 heavy (non-hydrogen) atoms. The normalized spacial score (nSPS) is 12.6. The lowest BCUT2D eigenvalue weighted by Gasteiger charge is -2.36. The Balaban J connectivity index is 2.57. The monoisotopic (exact) mass is 338 g/mol. The molecule has 2 rings (SSSR count). The minimum Gasteiger partial charge on any atom is -0.497 e. The fourth-order valence-electron chi connectivity index (χ4n) is 3.74. The summed E-state index contributed by atoms with van der Waals surface area (Å²) in [6.07, 6.45) is 4.95. The van der Waals surface area contributed by atoms with Gasteiger partial charge in [-0.15, -0.1) is 13.2 Å². The second-order valence-corrected chi connectivity index (χ2v) is 6.38. The van der Waals surface area contributed by atoms with Gasteiger partial charge in [-0.05, 0) is 47.7 Å². The molecule has 0 heterocycles. The Morgan fingerprint density at radius 1 is 1.16 bits per heavy atom. The van der Waals surface area contributed by atoms with E-state index in [1.165, 1.54) is 0 Å². The fraction of sp³-hybridized carbons (Fsp3) is 0.318. The Labute approximate surface area is 149 Å². The first kappa shape index (κ1) is 18.8. The minimum absolute atomic E-state index is 0.118. The average molecular weight is 338 g/mol. The first-order chi connectivity index (χ1) is 12.0. The lowest BCUT2D eigenvalue weighted by atomic mass is 9.66. The molecule has 0 bridgehead atoms. The first-order valence-corrected chi connectivity index (χ1v) is 8.55. The summed E-state index contributed by atoms with van der Waals surface area (Å²) in [4.78, 5) is 12.2. The number of fused-ring (bicyclic) bond motifs is 1. The number of ether oxygens (including phenoxy) is 1. The van der Waals surface area contributed by atoms with Crippen LogP contribution in [-0.4, -0.2) is 18.2 Å². The van der Waals surface area contributed by atoms with Crippen molar-refractivity contribution in [1.29, 1.82) is 0 Å². The molecule has 132 valence electrons. The van der Waals surface area contributed by atoms with E-state index in [1.54, 1.807) is 19.3 Å². The Bertz CT molecular complexity index is 766. The number of benzene rings is 2. The molecular formula is C22H26O3. The number of carbonyl (C=O) groups is 1. The number of carboxylic acids is 1. The predicted molar refractivity (Wildman–Crippen MR) is 103 cm³/mol. The molecule has 1 N–H and O–H groups in total. The van der Waals surface area contributed by atoms with Crippen molar-refractivity contribution in [2.75, 3.05) is 7.11 Å². The van der Waals surface area contributed by atoms with E-state index in [-0.39, 0.29) is 5.92 Å². The predicted octanol–water partition coefficient (Wildman–Crippen LogP) is 5.57. The summed E-state index contributed by atoms with van der Waals surface area (Å²) < 4.78 is 5.27.